The molecule has 0 saturated heterocycles. The van der Waals surface area contributed by atoms with E-state index in [1.54, 1.807) is 12.4 Å². The molecule has 0 bridgehead atoms. The van der Waals surface area contributed by atoms with Gasteiger partial charge in [0.1, 0.15) is 0 Å². The van der Waals surface area contributed by atoms with Crippen LogP contribution in [0.3, 0.4) is 0 Å². The molecule has 0 aliphatic carbocycles. The van der Waals surface area contributed by atoms with E-state index in [9.17, 15) is 0 Å². The maximum absolute atomic E-state index is 5.01. The summed E-state index contributed by atoms with van der Waals surface area (Å²) in [6.07, 6.45) is 7.30. The van der Waals surface area contributed by atoms with E-state index in [2.05, 4.69) is 137 Å². The molecule has 9 aromatic rings. The highest BCUT2D eigenvalue weighted by molar-refractivity contribution is 6.28. The zero-order valence-electron chi connectivity index (χ0n) is 26.1. The van der Waals surface area contributed by atoms with Gasteiger partial charge in [-0.25, -0.2) is 4.98 Å². The summed E-state index contributed by atoms with van der Waals surface area (Å²) in [5, 5.41) is 7.70. The summed E-state index contributed by atoms with van der Waals surface area (Å²) in [4.78, 5) is 13.7. The lowest BCUT2D eigenvalue weighted by molar-refractivity contribution is 1.26. The highest BCUT2D eigenvalue weighted by Crippen LogP contribution is 2.41. The molecule has 0 saturated carbocycles. The molecule has 3 nitrogen and oxygen atoms in total. The standard InChI is InChI=1S/C45H29N3/c1-2-17-40-38(16-1)39-18-3-4-19-41(39)45-37(20-7-21-42(40)45)33-13-6-11-31(25-33)30-10-5-12-32(24-30)36-26-43(34-14-8-22-46-28-34)48-44(27-36)35-15-9-23-47-29-35/h1-29H. The molecule has 0 radical (unpaired) electrons. The number of pyridine rings is 3. The lowest BCUT2D eigenvalue weighted by Crippen LogP contribution is -1.92. The maximum atomic E-state index is 5.01. The number of hydrogen-bond donors (Lipinski definition) is 0. The molecule has 0 unspecified atom stereocenters. The van der Waals surface area contributed by atoms with Crippen LogP contribution in [0.5, 0.6) is 0 Å². The van der Waals surface area contributed by atoms with Crippen molar-refractivity contribution in [1.29, 1.82) is 0 Å². The molecule has 0 amide bonds. The van der Waals surface area contributed by atoms with Crippen molar-refractivity contribution in [2.75, 3.05) is 0 Å². The Morgan fingerprint density at radius 3 is 1.31 bits per heavy atom. The first kappa shape index (κ1) is 27.8. The second-order valence-corrected chi connectivity index (χ2v) is 12.1. The Hall–Kier alpha value is -6.45. The summed E-state index contributed by atoms with van der Waals surface area (Å²) < 4.78 is 0. The number of rotatable bonds is 5. The van der Waals surface area contributed by atoms with Crippen LogP contribution < -0.4 is 0 Å². The molecule has 9 rings (SSSR count). The zero-order chi connectivity index (χ0) is 31.9. The van der Waals surface area contributed by atoms with E-state index < -0.39 is 0 Å². The quantitative estimate of drug-likeness (QED) is 0.182. The van der Waals surface area contributed by atoms with Gasteiger partial charge >= 0.3 is 0 Å². The van der Waals surface area contributed by atoms with E-state index in [1.165, 1.54) is 49.0 Å². The number of nitrogens with zero attached hydrogens (tertiary/aromatic N) is 3. The Balaban J connectivity index is 1.18. The first-order valence-electron chi connectivity index (χ1n) is 16.2. The molecule has 3 aromatic heterocycles. The molecule has 0 spiro atoms. The molecular weight excluding hydrogens is 583 g/mol. The van der Waals surface area contributed by atoms with Gasteiger partial charge in [0.2, 0.25) is 0 Å². The van der Waals surface area contributed by atoms with E-state index in [-0.39, 0.29) is 0 Å². The van der Waals surface area contributed by atoms with Gasteiger partial charge in [0.25, 0.3) is 0 Å². The van der Waals surface area contributed by atoms with Crippen molar-refractivity contribution in [3.05, 3.63) is 176 Å². The van der Waals surface area contributed by atoms with E-state index in [0.717, 1.165) is 39.2 Å². The van der Waals surface area contributed by atoms with Gasteiger partial charge in [-0.3, -0.25) is 9.97 Å². The number of hydrogen-bond acceptors (Lipinski definition) is 3. The van der Waals surface area contributed by atoms with Crippen LogP contribution >= 0.6 is 0 Å². The molecular formula is C45H29N3. The van der Waals surface area contributed by atoms with Gasteiger partial charge in [0.15, 0.2) is 0 Å². The molecule has 0 fully saturated rings. The summed E-state index contributed by atoms with van der Waals surface area (Å²) in [5.41, 5.74) is 10.7. The zero-order valence-corrected chi connectivity index (χ0v) is 26.1. The summed E-state index contributed by atoms with van der Waals surface area (Å²) in [6, 6.07) is 54.3. The third-order valence-corrected chi connectivity index (χ3v) is 9.21. The summed E-state index contributed by atoms with van der Waals surface area (Å²) >= 11 is 0. The molecule has 6 aromatic carbocycles. The van der Waals surface area contributed by atoms with Crippen molar-refractivity contribution in [1.82, 2.24) is 15.0 Å². The number of fused-ring (bicyclic) bond motifs is 6. The average molecular weight is 612 g/mol. The van der Waals surface area contributed by atoms with Crippen molar-refractivity contribution in [2.24, 2.45) is 0 Å². The normalized spacial score (nSPS) is 11.3. The first-order chi connectivity index (χ1) is 23.8. The second kappa shape index (κ2) is 11.7. The predicted octanol–water partition coefficient (Wildman–Crippen LogP) is 11.7. The van der Waals surface area contributed by atoms with E-state index in [1.807, 2.05) is 36.7 Å². The largest absolute Gasteiger partial charge is 0.264 e. The Labute approximate surface area is 278 Å². The van der Waals surface area contributed by atoms with Crippen LogP contribution in [0, 0.1) is 0 Å². The molecule has 0 N–H and O–H groups in total. The lowest BCUT2D eigenvalue weighted by Gasteiger charge is -2.15. The van der Waals surface area contributed by atoms with Crippen LogP contribution in [0.4, 0.5) is 0 Å². The van der Waals surface area contributed by atoms with Gasteiger partial charge < -0.3 is 0 Å². The van der Waals surface area contributed by atoms with Crippen LogP contribution in [-0.4, -0.2) is 15.0 Å². The molecule has 3 heteroatoms. The fraction of sp³-hybridized carbons (Fsp3) is 0. The Morgan fingerprint density at radius 1 is 0.312 bits per heavy atom. The lowest BCUT2D eigenvalue weighted by atomic mass is 9.88. The van der Waals surface area contributed by atoms with Crippen LogP contribution in [0.15, 0.2) is 176 Å². The predicted molar refractivity (Wildman–Crippen MR) is 200 cm³/mol. The first-order valence-corrected chi connectivity index (χ1v) is 16.2. The minimum Gasteiger partial charge on any atom is -0.264 e. The van der Waals surface area contributed by atoms with Crippen molar-refractivity contribution in [3.8, 4) is 55.9 Å². The fourth-order valence-corrected chi connectivity index (χ4v) is 6.96. The Bertz CT molecular complexity index is 2510. The minimum absolute atomic E-state index is 0.877. The SMILES string of the molecule is c1cc(-c2cccc(-c3cccc4c5ccccc5c5ccccc5c34)c2)cc(-c2cc(-c3cccnc3)nc(-c3cccnc3)c2)c1. The van der Waals surface area contributed by atoms with Crippen molar-refractivity contribution in [2.45, 2.75) is 0 Å². The van der Waals surface area contributed by atoms with Gasteiger partial charge in [-0.2, -0.15) is 0 Å². The Morgan fingerprint density at radius 2 is 0.750 bits per heavy atom. The highest BCUT2D eigenvalue weighted by atomic mass is 14.7. The third kappa shape index (κ3) is 4.90. The van der Waals surface area contributed by atoms with E-state index in [4.69, 9.17) is 4.98 Å². The van der Waals surface area contributed by atoms with Crippen LogP contribution in [0.2, 0.25) is 0 Å². The monoisotopic (exact) mass is 611 g/mol. The molecule has 0 aliphatic rings. The van der Waals surface area contributed by atoms with E-state index >= 15 is 0 Å². The van der Waals surface area contributed by atoms with Gasteiger partial charge in [-0.05, 0) is 114 Å². The van der Waals surface area contributed by atoms with Gasteiger partial charge in [-0.15, -0.1) is 0 Å². The molecule has 224 valence electrons. The third-order valence-electron chi connectivity index (χ3n) is 9.21. The van der Waals surface area contributed by atoms with Crippen LogP contribution in [-0.2, 0) is 0 Å². The minimum atomic E-state index is 0.877. The summed E-state index contributed by atoms with van der Waals surface area (Å²) in [5.74, 6) is 0. The van der Waals surface area contributed by atoms with Crippen molar-refractivity contribution >= 4 is 32.3 Å². The number of benzene rings is 6. The second-order valence-electron chi connectivity index (χ2n) is 12.1. The van der Waals surface area contributed by atoms with E-state index in [0.29, 0.717) is 0 Å². The highest BCUT2D eigenvalue weighted by Gasteiger charge is 2.14. The number of aromatic nitrogens is 3. The van der Waals surface area contributed by atoms with Gasteiger partial charge in [-0.1, -0.05) is 103 Å². The van der Waals surface area contributed by atoms with Gasteiger partial charge in [0, 0.05) is 35.9 Å². The van der Waals surface area contributed by atoms with Gasteiger partial charge in [0.05, 0.1) is 11.4 Å². The van der Waals surface area contributed by atoms with Crippen LogP contribution in [0.1, 0.15) is 0 Å². The fourth-order valence-electron chi connectivity index (χ4n) is 6.96. The smallest absolute Gasteiger partial charge is 0.0731 e. The molecule has 0 atom stereocenters. The average Bonchev–Trinajstić information content (AvgIpc) is 3.18. The summed E-state index contributed by atoms with van der Waals surface area (Å²) in [6.45, 7) is 0. The van der Waals surface area contributed by atoms with Crippen molar-refractivity contribution in [3.63, 3.8) is 0 Å². The molecule has 3 heterocycles. The van der Waals surface area contributed by atoms with Crippen molar-refractivity contribution < 1.29 is 0 Å². The van der Waals surface area contributed by atoms with Crippen LogP contribution in [0.25, 0.3) is 88.2 Å². The Kier molecular flexibility index (Phi) is 6.80. The molecule has 48 heavy (non-hydrogen) atoms. The topological polar surface area (TPSA) is 38.7 Å². The summed E-state index contributed by atoms with van der Waals surface area (Å²) in [7, 11) is 0. The maximum Gasteiger partial charge on any atom is 0.0731 e. The molecule has 0 aliphatic heterocycles.